The van der Waals surface area contributed by atoms with Crippen LogP contribution in [0.1, 0.15) is 17.2 Å². The molecule has 0 saturated carbocycles. The molecule has 7 nitrogen and oxygen atoms in total. The number of thiazole rings is 1. The average molecular weight is 405 g/mol. The Morgan fingerprint density at radius 2 is 2.32 bits per heavy atom. The zero-order chi connectivity index (χ0) is 19.3. The van der Waals surface area contributed by atoms with Crippen LogP contribution in [0, 0.1) is 0 Å². The smallest absolute Gasteiger partial charge is 0.220 e. The van der Waals surface area contributed by atoms with Gasteiger partial charge in [-0.25, -0.2) is 14.4 Å². The largest absolute Gasteiger partial charge is 0.485 e. The lowest BCUT2D eigenvalue weighted by atomic mass is 10.3. The molecule has 1 aliphatic rings. The quantitative estimate of drug-likeness (QED) is 0.646. The summed E-state index contributed by atoms with van der Waals surface area (Å²) in [5, 5.41) is 9.98. The van der Waals surface area contributed by atoms with E-state index in [-0.39, 0.29) is 6.61 Å². The van der Waals surface area contributed by atoms with Gasteiger partial charge in [-0.2, -0.15) is 0 Å². The number of hydrogen-bond donors (Lipinski definition) is 1. The topological polar surface area (TPSA) is 80.9 Å². The van der Waals surface area contributed by atoms with Crippen molar-refractivity contribution >= 4 is 39.7 Å². The van der Waals surface area contributed by atoms with Gasteiger partial charge in [-0.1, -0.05) is 11.3 Å². The van der Waals surface area contributed by atoms with E-state index in [1.165, 1.54) is 0 Å². The standard InChI is InChI=1S/C19H20FN3O4S/c20-9-14(11-24)26-13-2-4-16-17(8-13)27-18(22-16)5-3-15-10-21-19(28-15)23-6-1-7-25-12-23/h2-5,8,10,14,24H,1,6-7,9,11-12H2/b5-3+. The van der Waals surface area contributed by atoms with Crippen LogP contribution >= 0.6 is 11.3 Å². The van der Waals surface area contributed by atoms with Gasteiger partial charge in [0.2, 0.25) is 5.89 Å². The van der Waals surface area contributed by atoms with E-state index >= 15 is 0 Å². The third kappa shape index (κ3) is 4.32. The monoisotopic (exact) mass is 405 g/mol. The van der Waals surface area contributed by atoms with Crippen LogP contribution in [0.4, 0.5) is 9.52 Å². The summed E-state index contributed by atoms with van der Waals surface area (Å²) >= 11 is 1.58. The molecule has 1 unspecified atom stereocenters. The van der Waals surface area contributed by atoms with Gasteiger partial charge in [-0.15, -0.1) is 0 Å². The summed E-state index contributed by atoms with van der Waals surface area (Å²) in [4.78, 5) is 12.0. The Bertz CT molecular complexity index is 948. The fourth-order valence-corrected chi connectivity index (χ4v) is 3.61. The lowest BCUT2D eigenvalue weighted by molar-refractivity contribution is 0.0932. The fraction of sp³-hybridized carbons (Fsp3) is 0.368. The molecule has 0 amide bonds. The molecule has 1 fully saturated rings. The van der Waals surface area contributed by atoms with Gasteiger partial charge >= 0.3 is 0 Å². The first-order valence-electron chi connectivity index (χ1n) is 8.96. The van der Waals surface area contributed by atoms with Gasteiger partial charge in [0.1, 0.15) is 30.8 Å². The maximum absolute atomic E-state index is 12.7. The zero-order valence-electron chi connectivity index (χ0n) is 15.1. The third-order valence-corrected chi connectivity index (χ3v) is 5.21. The average Bonchev–Trinajstić information content (AvgIpc) is 3.37. The molecule has 1 saturated heterocycles. The Labute approximate surface area is 165 Å². The van der Waals surface area contributed by atoms with Crippen molar-refractivity contribution in [3.05, 3.63) is 35.2 Å². The minimum atomic E-state index is -0.884. The van der Waals surface area contributed by atoms with Crippen LogP contribution in [-0.4, -0.2) is 54.3 Å². The van der Waals surface area contributed by atoms with Crippen molar-refractivity contribution in [2.45, 2.75) is 12.5 Å². The minimum Gasteiger partial charge on any atom is -0.485 e. The highest BCUT2D eigenvalue weighted by atomic mass is 32.1. The van der Waals surface area contributed by atoms with Crippen LogP contribution < -0.4 is 9.64 Å². The van der Waals surface area contributed by atoms with E-state index < -0.39 is 12.8 Å². The molecule has 0 spiro atoms. The number of aliphatic hydroxyl groups is 1. The SMILES string of the molecule is OCC(CF)Oc1ccc2nc(/C=C/c3cnc(N4CCCOC4)s3)oc2c1. The summed E-state index contributed by atoms with van der Waals surface area (Å²) in [6.45, 7) is 1.17. The Morgan fingerprint density at radius 3 is 3.11 bits per heavy atom. The number of fused-ring (bicyclic) bond motifs is 1. The Hall–Kier alpha value is -2.49. The molecule has 148 valence electrons. The molecular weight excluding hydrogens is 385 g/mol. The molecule has 3 aromatic rings. The van der Waals surface area contributed by atoms with Gasteiger partial charge in [0.15, 0.2) is 10.7 Å². The van der Waals surface area contributed by atoms with Gasteiger partial charge in [0.25, 0.3) is 0 Å². The highest BCUT2D eigenvalue weighted by molar-refractivity contribution is 7.16. The van der Waals surface area contributed by atoms with E-state index in [1.54, 1.807) is 35.6 Å². The predicted octanol–water partition coefficient (Wildman–Crippen LogP) is 3.35. The minimum absolute atomic E-state index is 0.390. The third-order valence-electron chi connectivity index (χ3n) is 4.19. The number of nitrogens with zero attached hydrogens (tertiary/aromatic N) is 3. The maximum atomic E-state index is 12.7. The molecular formula is C19H20FN3O4S. The first-order valence-corrected chi connectivity index (χ1v) is 9.77. The molecule has 1 aliphatic heterocycles. The number of hydrogen-bond acceptors (Lipinski definition) is 8. The van der Waals surface area contributed by atoms with E-state index in [0.29, 0.717) is 29.5 Å². The molecule has 28 heavy (non-hydrogen) atoms. The Morgan fingerprint density at radius 1 is 1.39 bits per heavy atom. The number of benzene rings is 1. The second-order valence-electron chi connectivity index (χ2n) is 6.29. The first-order chi connectivity index (χ1) is 13.7. The molecule has 0 radical (unpaired) electrons. The van der Waals surface area contributed by atoms with Crippen molar-refractivity contribution in [3.8, 4) is 5.75 Å². The summed E-state index contributed by atoms with van der Waals surface area (Å²) in [7, 11) is 0. The van der Waals surface area contributed by atoms with Crippen molar-refractivity contribution < 1.29 is 23.4 Å². The molecule has 9 heteroatoms. The van der Waals surface area contributed by atoms with E-state index in [1.807, 2.05) is 12.3 Å². The van der Waals surface area contributed by atoms with Crippen molar-refractivity contribution in [3.63, 3.8) is 0 Å². The maximum Gasteiger partial charge on any atom is 0.220 e. The van der Waals surface area contributed by atoms with Crippen LogP contribution in [0.2, 0.25) is 0 Å². The number of alkyl halides is 1. The van der Waals surface area contributed by atoms with Crippen LogP contribution in [0.5, 0.6) is 5.75 Å². The fourth-order valence-electron chi connectivity index (χ4n) is 2.78. The van der Waals surface area contributed by atoms with Crippen molar-refractivity contribution in [1.29, 1.82) is 0 Å². The molecule has 1 aromatic carbocycles. The summed E-state index contributed by atoms with van der Waals surface area (Å²) in [6.07, 6.45) is 5.61. The number of aliphatic hydroxyl groups excluding tert-OH is 1. The second kappa shape index (κ2) is 8.68. The van der Waals surface area contributed by atoms with Gasteiger partial charge < -0.3 is 23.9 Å². The van der Waals surface area contributed by atoms with Gasteiger partial charge in [0, 0.05) is 29.8 Å². The van der Waals surface area contributed by atoms with Crippen molar-refractivity contribution in [1.82, 2.24) is 9.97 Å². The van der Waals surface area contributed by atoms with Crippen molar-refractivity contribution in [2.24, 2.45) is 0 Å². The zero-order valence-corrected chi connectivity index (χ0v) is 15.9. The number of ether oxygens (including phenoxy) is 2. The van der Waals surface area contributed by atoms with E-state index in [0.717, 1.165) is 29.6 Å². The summed E-state index contributed by atoms with van der Waals surface area (Å²) < 4.78 is 29.3. The molecule has 0 aliphatic carbocycles. The van der Waals surface area contributed by atoms with Crippen LogP contribution in [0.25, 0.3) is 23.3 Å². The number of rotatable bonds is 7. The van der Waals surface area contributed by atoms with E-state index in [4.69, 9.17) is 19.0 Å². The van der Waals surface area contributed by atoms with Gasteiger partial charge in [0.05, 0.1) is 13.2 Å². The Kier molecular flexibility index (Phi) is 5.84. The number of halogens is 1. The molecule has 0 bridgehead atoms. The lowest BCUT2D eigenvalue weighted by Crippen LogP contribution is -2.32. The van der Waals surface area contributed by atoms with Gasteiger partial charge in [-0.05, 0) is 24.6 Å². The van der Waals surface area contributed by atoms with Crippen LogP contribution in [0.15, 0.2) is 28.8 Å². The summed E-state index contributed by atoms with van der Waals surface area (Å²) in [5.41, 5.74) is 1.20. The highest BCUT2D eigenvalue weighted by Gasteiger charge is 2.14. The normalized spacial score (nSPS) is 16.1. The van der Waals surface area contributed by atoms with Crippen LogP contribution in [0.3, 0.4) is 0 Å². The molecule has 1 atom stereocenters. The molecule has 3 heterocycles. The molecule has 2 aromatic heterocycles. The number of anilines is 1. The summed E-state index contributed by atoms with van der Waals surface area (Å²) in [5.74, 6) is 0.874. The molecule has 1 N–H and O–H groups in total. The van der Waals surface area contributed by atoms with Crippen molar-refractivity contribution in [2.75, 3.05) is 38.1 Å². The predicted molar refractivity (Wildman–Crippen MR) is 105 cm³/mol. The first kappa shape index (κ1) is 18.9. The second-order valence-corrected chi connectivity index (χ2v) is 7.33. The molecule has 4 rings (SSSR count). The van der Waals surface area contributed by atoms with E-state index in [9.17, 15) is 4.39 Å². The summed E-state index contributed by atoms with van der Waals surface area (Å²) in [6, 6.07) is 5.05. The lowest BCUT2D eigenvalue weighted by Gasteiger charge is -2.25. The van der Waals surface area contributed by atoms with Crippen LogP contribution in [-0.2, 0) is 4.74 Å². The highest BCUT2D eigenvalue weighted by Crippen LogP contribution is 2.27. The van der Waals surface area contributed by atoms with E-state index in [2.05, 4.69) is 14.9 Å². The van der Waals surface area contributed by atoms with Gasteiger partial charge in [-0.3, -0.25) is 0 Å². The number of oxazole rings is 1. The Balaban J connectivity index is 1.46. The number of aromatic nitrogens is 2.